The molecule has 0 amide bonds. The van der Waals surface area contributed by atoms with Gasteiger partial charge in [-0.15, -0.1) is 0 Å². The molecule has 2 saturated carbocycles. The molecule has 0 aromatic heterocycles. The van der Waals surface area contributed by atoms with Crippen LogP contribution in [0.15, 0.2) is 0 Å². The van der Waals surface area contributed by atoms with E-state index in [1.54, 1.807) is 0 Å². The summed E-state index contributed by atoms with van der Waals surface area (Å²) in [5.41, 5.74) is 0.503. The average molecular weight is 235 g/mol. The lowest BCUT2D eigenvalue weighted by molar-refractivity contribution is -0.146. The molecular formula is C14H21NO2. The fraction of sp³-hybridized carbons (Fsp3) is 0.929. The van der Waals surface area contributed by atoms with Crippen LogP contribution in [0.1, 0.15) is 51.4 Å². The van der Waals surface area contributed by atoms with Crippen molar-refractivity contribution in [3.8, 4) is 0 Å². The summed E-state index contributed by atoms with van der Waals surface area (Å²) in [7, 11) is 0. The van der Waals surface area contributed by atoms with Gasteiger partial charge in [0.25, 0.3) is 0 Å². The van der Waals surface area contributed by atoms with Crippen molar-refractivity contribution in [2.75, 3.05) is 13.1 Å². The predicted octanol–water partition coefficient (Wildman–Crippen LogP) is 2.10. The van der Waals surface area contributed by atoms with E-state index in [9.17, 15) is 4.79 Å². The summed E-state index contributed by atoms with van der Waals surface area (Å²) < 4.78 is 5.58. The normalized spacial score (nSPS) is 37.4. The van der Waals surface area contributed by atoms with Crippen molar-refractivity contribution < 1.29 is 9.53 Å². The van der Waals surface area contributed by atoms with Gasteiger partial charge in [-0.3, -0.25) is 9.69 Å². The third-order valence-electron chi connectivity index (χ3n) is 5.63. The van der Waals surface area contributed by atoms with Crippen LogP contribution in [0.2, 0.25) is 0 Å². The Morgan fingerprint density at radius 1 is 1.18 bits per heavy atom. The molecule has 0 bridgehead atoms. The summed E-state index contributed by atoms with van der Waals surface area (Å²) >= 11 is 0. The van der Waals surface area contributed by atoms with E-state index in [1.165, 1.54) is 38.6 Å². The Labute approximate surface area is 102 Å². The van der Waals surface area contributed by atoms with E-state index in [0.29, 0.717) is 5.54 Å². The van der Waals surface area contributed by atoms with Gasteiger partial charge in [-0.1, -0.05) is 0 Å². The third-order valence-corrected chi connectivity index (χ3v) is 5.63. The van der Waals surface area contributed by atoms with E-state index >= 15 is 0 Å². The predicted molar refractivity (Wildman–Crippen MR) is 63.6 cm³/mol. The molecule has 0 N–H and O–H groups in total. The fourth-order valence-corrected chi connectivity index (χ4v) is 4.17. The van der Waals surface area contributed by atoms with Gasteiger partial charge in [0.1, 0.15) is 6.10 Å². The molecule has 3 nitrogen and oxygen atoms in total. The molecule has 17 heavy (non-hydrogen) atoms. The van der Waals surface area contributed by atoms with Gasteiger partial charge < -0.3 is 4.74 Å². The molecule has 4 rings (SSSR count). The standard InChI is InChI=1S/C14H21NO2/c16-12-13(6-7-13)9-11(17-12)10-15-8-2-5-14(15)3-1-4-14/h11H,1-10H2/t11-/m1/s1. The maximum Gasteiger partial charge on any atom is 0.312 e. The lowest BCUT2D eigenvalue weighted by atomic mass is 9.75. The lowest BCUT2D eigenvalue weighted by Crippen LogP contribution is -2.51. The zero-order valence-electron chi connectivity index (χ0n) is 10.4. The Bertz CT molecular complexity index is 357. The maximum atomic E-state index is 11.7. The van der Waals surface area contributed by atoms with E-state index in [1.807, 2.05) is 0 Å². The molecule has 2 saturated heterocycles. The van der Waals surface area contributed by atoms with E-state index in [-0.39, 0.29) is 17.5 Å². The van der Waals surface area contributed by atoms with E-state index < -0.39 is 0 Å². The second kappa shape index (κ2) is 3.25. The smallest absolute Gasteiger partial charge is 0.312 e. The van der Waals surface area contributed by atoms with Crippen LogP contribution in [0.3, 0.4) is 0 Å². The van der Waals surface area contributed by atoms with Gasteiger partial charge in [0, 0.05) is 18.5 Å². The highest BCUT2D eigenvalue weighted by Crippen LogP contribution is 2.55. The maximum absolute atomic E-state index is 11.7. The summed E-state index contributed by atoms with van der Waals surface area (Å²) in [5, 5.41) is 0. The van der Waals surface area contributed by atoms with Gasteiger partial charge >= 0.3 is 5.97 Å². The summed E-state index contributed by atoms with van der Waals surface area (Å²) in [6.07, 6.45) is 10.2. The Hall–Kier alpha value is -0.570. The molecule has 2 spiro atoms. The molecule has 0 aromatic carbocycles. The van der Waals surface area contributed by atoms with Gasteiger partial charge in [0.05, 0.1) is 5.41 Å². The molecule has 94 valence electrons. The van der Waals surface area contributed by atoms with Crippen LogP contribution in [0.5, 0.6) is 0 Å². The third kappa shape index (κ3) is 1.41. The van der Waals surface area contributed by atoms with E-state index in [2.05, 4.69) is 4.90 Å². The van der Waals surface area contributed by atoms with Crippen LogP contribution in [-0.4, -0.2) is 35.6 Å². The number of cyclic esters (lactones) is 1. The first-order valence-electron chi connectivity index (χ1n) is 7.19. The molecule has 2 heterocycles. The van der Waals surface area contributed by atoms with E-state index in [4.69, 9.17) is 4.74 Å². The lowest BCUT2D eigenvalue weighted by Gasteiger charge is -2.46. The summed E-state index contributed by atoms with van der Waals surface area (Å²) in [6.45, 7) is 2.23. The van der Waals surface area contributed by atoms with Crippen molar-refractivity contribution in [3.63, 3.8) is 0 Å². The molecule has 3 heteroatoms. The number of hydrogen-bond donors (Lipinski definition) is 0. The Morgan fingerprint density at radius 3 is 2.53 bits per heavy atom. The molecule has 4 aliphatic rings. The van der Waals surface area contributed by atoms with Crippen LogP contribution >= 0.6 is 0 Å². The highest BCUT2D eigenvalue weighted by molar-refractivity contribution is 5.82. The minimum Gasteiger partial charge on any atom is -0.461 e. The zero-order chi connectivity index (χ0) is 11.5. The number of carbonyl (C=O) groups excluding carboxylic acids is 1. The number of nitrogens with zero attached hydrogens (tertiary/aromatic N) is 1. The number of rotatable bonds is 2. The molecule has 0 radical (unpaired) electrons. The second-order valence-electron chi connectivity index (χ2n) is 6.64. The summed E-state index contributed by atoms with van der Waals surface area (Å²) in [6, 6.07) is 0. The highest BCUT2D eigenvalue weighted by atomic mass is 16.6. The largest absolute Gasteiger partial charge is 0.461 e. The monoisotopic (exact) mass is 235 g/mol. The summed E-state index contributed by atoms with van der Waals surface area (Å²) in [4.78, 5) is 14.4. The van der Waals surface area contributed by atoms with Gasteiger partial charge in [-0.2, -0.15) is 0 Å². The molecule has 1 atom stereocenters. The van der Waals surface area contributed by atoms with Gasteiger partial charge in [-0.25, -0.2) is 0 Å². The quantitative estimate of drug-likeness (QED) is 0.686. The molecule has 2 aliphatic heterocycles. The van der Waals surface area contributed by atoms with Crippen molar-refractivity contribution in [3.05, 3.63) is 0 Å². The Morgan fingerprint density at radius 2 is 1.94 bits per heavy atom. The number of hydrogen-bond acceptors (Lipinski definition) is 3. The molecule has 4 fully saturated rings. The topological polar surface area (TPSA) is 29.5 Å². The first-order valence-corrected chi connectivity index (χ1v) is 7.19. The van der Waals surface area contributed by atoms with Gasteiger partial charge in [0.15, 0.2) is 0 Å². The van der Waals surface area contributed by atoms with Crippen molar-refractivity contribution in [2.45, 2.75) is 63.0 Å². The first kappa shape index (κ1) is 10.4. The minimum absolute atomic E-state index is 0.0167. The minimum atomic E-state index is -0.0167. The number of carbonyl (C=O) groups is 1. The summed E-state index contributed by atoms with van der Waals surface area (Å²) in [5.74, 6) is 0.101. The molecular weight excluding hydrogens is 214 g/mol. The Balaban J connectivity index is 1.43. The number of esters is 1. The average Bonchev–Trinajstić information content (AvgIpc) is 2.79. The number of likely N-dealkylation sites (tertiary alicyclic amines) is 1. The van der Waals surface area contributed by atoms with Crippen molar-refractivity contribution in [1.29, 1.82) is 0 Å². The molecule has 0 unspecified atom stereocenters. The van der Waals surface area contributed by atoms with Crippen LogP contribution < -0.4 is 0 Å². The van der Waals surface area contributed by atoms with E-state index in [0.717, 1.165) is 25.8 Å². The van der Waals surface area contributed by atoms with Crippen molar-refractivity contribution >= 4 is 5.97 Å². The van der Waals surface area contributed by atoms with Crippen LogP contribution in [0.4, 0.5) is 0 Å². The fourth-order valence-electron chi connectivity index (χ4n) is 4.17. The SMILES string of the molecule is O=C1O[C@@H](CN2CCCC23CCC3)CC12CC2. The molecule has 2 aliphatic carbocycles. The zero-order valence-corrected chi connectivity index (χ0v) is 10.4. The van der Waals surface area contributed by atoms with Gasteiger partial charge in [-0.05, 0) is 51.5 Å². The van der Waals surface area contributed by atoms with Gasteiger partial charge in [0.2, 0.25) is 0 Å². The van der Waals surface area contributed by atoms with Crippen LogP contribution in [0, 0.1) is 5.41 Å². The second-order valence-corrected chi connectivity index (χ2v) is 6.64. The molecule has 0 aromatic rings. The van der Waals surface area contributed by atoms with Crippen LogP contribution in [-0.2, 0) is 9.53 Å². The first-order chi connectivity index (χ1) is 8.23. The van der Waals surface area contributed by atoms with Crippen LogP contribution in [0.25, 0.3) is 0 Å². The highest BCUT2D eigenvalue weighted by Gasteiger charge is 2.58. The Kier molecular flexibility index (Phi) is 1.98. The van der Waals surface area contributed by atoms with Crippen molar-refractivity contribution in [1.82, 2.24) is 4.90 Å². The van der Waals surface area contributed by atoms with Crippen molar-refractivity contribution in [2.24, 2.45) is 5.41 Å². The number of ether oxygens (including phenoxy) is 1.